The number of carboxylic acid groups (broad SMARTS) is 1. The van der Waals surface area contributed by atoms with Crippen LogP contribution in [0.2, 0.25) is 0 Å². The van der Waals surface area contributed by atoms with Crippen LogP contribution in [0.1, 0.15) is 117 Å². The number of aromatic nitrogens is 2. The summed E-state index contributed by atoms with van der Waals surface area (Å²) in [5.74, 6) is -6.87. The van der Waals surface area contributed by atoms with Crippen molar-refractivity contribution in [3.05, 3.63) is 97.6 Å². The van der Waals surface area contributed by atoms with Crippen molar-refractivity contribution in [3.8, 4) is 11.4 Å². The van der Waals surface area contributed by atoms with Crippen LogP contribution in [-0.4, -0.2) is 134 Å². The molecule has 4 aliphatic rings. The standard InChI is InChI=1S/C56H63FN8O14/c1-4-56(78)37-23-42-52-35(26-65(42)54(76)36(37)29-79-55(56)77)51-39(14-13-34-31(3)38(57)24-41(62-52)50(34)51)60-45(69)11-8-18-58-44(68)17-15-43(67)40(22-32-9-6-5-7-10-32)61-46(70)16-12-33(66)25-59-47(71)27-63(28-49(73)74)19-20-64-48(72)21-30(2)53(64)75/h5-7,9-10,23-24,30,39-40,78H,4,8,11-22,25-29H2,1-3H3,(H,58,68)(H,59,71)(H,60,69)(H,61,70)(H,73,74)/t30?,39-,40-,56-/m0/s1. The zero-order valence-corrected chi connectivity index (χ0v) is 44.2. The number of nitrogens with one attached hydrogen (secondary N) is 4. The number of ketones is 2. The smallest absolute Gasteiger partial charge is 0.343 e. The van der Waals surface area contributed by atoms with Crippen molar-refractivity contribution in [2.45, 2.75) is 122 Å². The lowest BCUT2D eigenvalue weighted by Crippen LogP contribution is -2.45. The van der Waals surface area contributed by atoms with E-state index in [4.69, 9.17) is 9.72 Å². The summed E-state index contributed by atoms with van der Waals surface area (Å²) in [5, 5.41) is 32.3. The van der Waals surface area contributed by atoms with Crippen LogP contribution in [0.25, 0.3) is 22.3 Å². The number of imide groups is 1. The maximum atomic E-state index is 15.4. The van der Waals surface area contributed by atoms with E-state index in [-0.39, 0.29) is 119 Å². The fraction of sp³-hybridized carbons (Fsp3) is 0.464. The number of rotatable bonds is 25. The van der Waals surface area contributed by atoms with Crippen molar-refractivity contribution in [1.29, 1.82) is 0 Å². The van der Waals surface area contributed by atoms with Gasteiger partial charge in [-0.25, -0.2) is 14.2 Å². The Kier molecular flexibility index (Phi) is 17.6. The molecule has 4 atom stereocenters. The summed E-state index contributed by atoms with van der Waals surface area (Å²) in [6, 6.07) is 10.2. The number of ether oxygens (including phenoxy) is 1. The number of carboxylic acids is 1. The average Bonchev–Trinajstić information content (AvgIpc) is 4.08. The molecule has 5 heterocycles. The van der Waals surface area contributed by atoms with E-state index in [0.717, 1.165) is 16.0 Å². The molecular formula is C56H63FN8O14. The van der Waals surface area contributed by atoms with Crippen LogP contribution < -0.4 is 26.8 Å². The summed E-state index contributed by atoms with van der Waals surface area (Å²) in [5.41, 5.74) is 2.13. The van der Waals surface area contributed by atoms with Gasteiger partial charge in [0.05, 0.1) is 60.7 Å². The van der Waals surface area contributed by atoms with Crippen LogP contribution in [0, 0.1) is 18.7 Å². The SMILES string of the molecule is CC[C@@]1(O)C(=O)OCc2c1cc1n(c2=O)Cc2c-1nc1cc(F)c(C)c3c1c2[C@@H](NC(=O)CCCNC(=O)CCC(=O)[C@H](Cc1ccccc1)NC(=O)CCC(=O)CNC(=O)CN(CCN1C(=O)CC(C)C1=O)CC(=O)O)CC3. The molecule has 3 aliphatic heterocycles. The second kappa shape index (κ2) is 24.3. The van der Waals surface area contributed by atoms with E-state index in [1.54, 1.807) is 57.2 Å². The topological polar surface area (TPSA) is 310 Å². The summed E-state index contributed by atoms with van der Waals surface area (Å²) in [7, 11) is 0. The lowest BCUT2D eigenvalue weighted by atomic mass is 9.81. The lowest BCUT2D eigenvalue weighted by Gasteiger charge is -2.31. The summed E-state index contributed by atoms with van der Waals surface area (Å²) in [6.45, 7) is 3.12. The number of cyclic esters (lactones) is 1. The number of pyridine rings is 2. The normalized spacial score (nSPS) is 18.4. The minimum absolute atomic E-state index is 0.00940. The second-order valence-electron chi connectivity index (χ2n) is 20.6. The van der Waals surface area contributed by atoms with Crippen molar-refractivity contribution in [3.63, 3.8) is 0 Å². The molecule has 1 saturated heterocycles. The zero-order valence-electron chi connectivity index (χ0n) is 44.2. The van der Waals surface area contributed by atoms with Crippen molar-refractivity contribution in [2.24, 2.45) is 5.92 Å². The number of aliphatic carboxylic acids is 1. The summed E-state index contributed by atoms with van der Waals surface area (Å²) in [6.07, 6.45) is 0.120. The molecule has 0 saturated carbocycles. The van der Waals surface area contributed by atoms with Crippen molar-refractivity contribution in [1.82, 2.24) is 40.6 Å². The predicted molar refractivity (Wildman–Crippen MR) is 279 cm³/mol. The Balaban J connectivity index is 0.813. The Morgan fingerprint density at radius 2 is 1.66 bits per heavy atom. The van der Waals surface area contributed by atoms with E-state index in [1.807, 2.05) is 0 Å². The highest BCUT2D eigenvalue weighted by Crippen LogP contribution is 2.46. The van der Waals surface area contributed by atoms with Crippen molar-refractivity contribution < 1.29 is 67.3 Å². The molecule has 6 amide bonds. The maximum absolute atomic E-state index is 15.4. The Hall–Kier alpha value is -8.05. The van der Waals surface area contributed by atoms with E-state index in [9.17, 15) is 63.0 Å². The number of fused-ring (bicyclic) bond motifs is 5. The number of benzene rings is 2. The lowest BCUT2D eigenvalue weighted by molar-refractivity contribution is -0.172. The monoisotopic (exact) mass is 1090 g/mol. The molecule has 2 aromatic carbocycles. The predicted octanol–water partition coefficient (Wildman–Crippen LogP) is 1.85. The van der Waals surface area contributed by atoms with Crippen LogP contribution in [0.15, 0.2) is 47.3 Å². The molecule has 0 radical (unpaired) electrons. The quantitative estimate of drug-likeness (QED) is 0.0276. The van der Waals surface area contributed by atoms with Gasteiger partial charge in [-0.1, -0.05) is 44.2 Å². The molecule has 4 aromatic rings. The Morgan fingerprint density at radius 3 is 2.37 bits per heavy atom. The summed E-state index contributed by atoms with van der Waals surface area (Å²) in [4.78, 5) is 148. The van der Waals surface area contributed by atoms with Gasteiger partial charge in [0, 0.05) is 86.7 Å². The fourth-order valence-electron chi connectivity index (χ4n) is 10.8. The number of esters is 1. The molecular weight excluding hydrogens is 1030 g/mol. The molecule has 418 valence electrons. The maximum Gasteiger partial charge on any atom is 0.343 e. The molecule has 1 aliphatic carbocycles. The van der Waals surface area contributed by atoms with Crippen molar-refractivity contribution >= 4 is 69.9 Å². The van der Waals surface area contributed by atoms with Gasteiger partial charge in [-0.2, -0.15) is 0 Å². The van der Waals surface area contributed by atoms with Gasteiger partial charge in [0.25, 0.3) is 5.56 Å². The van der Waals surface area contributed by atoms with Gasteiger partial charge >= 0.3 is 11.9 Å². The number of hydrogen-bond donors (Lipinski definition) is 6. The molecule has 1 fully saturated rings. The fourth-order valence-corrected chi connectivity index (χ4v) is 10.8. The van der Waals surface area contributed by atoms with Gasteiger partial charge in [0.2, 0.25) is 35.4 Å². The largest absolute Gasteiger partial charge is 0.480 e. The third-order valence-corrected chi connectivity index (χ3v) is 15.2. The Morgan fingerprint density at radius 1 is 0.911 bits per heavy atom. The molecule has 0 spiro atoms. The third-order valence-electron chi connectivity index (χ3n) is 15.2. The summed E-state index contributed by atoms with van der Waals surface area (Å²) >= 11 is 0. The highest BCUT2D eigenvalue weighted by Gasteiger charge is 2.46. The van der Waals surface area contributed by atoms with E-state index in [1.165, 1.54) is 15.5 Å². The number of carbonyl (C=O) groups excluding carboxylic acids is 9. The number of aryl methyl sites for hydroxylation is 1. The molecule has 6 N–H and O–H groups in total. The minimum Gasteiger partial charge on any atom is -0.480 e. The van der Waals surface area contributed by atoms with Crippen LogP contribution in [0.5, 0.6) is 0 Å². The number of amides is 6. The molecule has 8 rings (SSSR count). The first-order valence-electron chi connectivity index (χ1n) is 26.5. The highest BCUT2D eigenvalue weighted by atomic mass is 19.1. The summed E-state index contributed by atoms with van der Waals surface area (Å²) < 4.78 is 22.1. The molecule has 1 unspecified atom stereocenters. The first-order valence-corrected chi connectivity index (χ1v) is 26.5. The van der Waals surface area contributed by atoms with Gasteiger partial charge < -0.3 is 40.8 Å². The average molecular weight is 1090 g/mol. The van der Waals surface area contributed by atoms with E-state index >= 15 is 4.39 Å². The number of carbonyl (C=O) groups is 10. The van der Waals surface area contributed by atoms with E-state index in [2.05, 4.69) is 21.3 Å². The van der Waals surface area contributed by atoms with Crippen LogP contribution in [0.3, 0.4) is 0 Å². The molecule has 0 bridgehead atoms. The van der Waals surface area contributed by atoms with Gasteiger partial charge in [-0.3, -0.25) is 57.7 Å². The zero-order chi connectivity index (χ0) is 56.9. The Labute approximate surface area is 452 Å². The second-order valence-corrected chi connectivity index (χ2v) is 20.6. The molecule has 2 aromatic heterocycles. The highest BCUT2D eigenvalue weighted by molar-refractivity contribution is 6.03. The van der Waals surface area contributed by atoms with Crippen LogP contribution >= 0.6 is 0 Å². The molecule has 23 heteroatoms. The number of Topliss-reactive ketones (excluding diaryl/α,β-unsaturated/α-hetero) is 2. The van der Waals surface area contributed by atoms with Gasteiger partial charge in [0.1, 0.15) is 12.4 Å². The minimum atomic E-state index is -2.05. The first-order chi connectivity index (χ1) is 37.7. The molecule has 22 nitrogen and oxygen atoms in total. The van der Waals surface area contributed by atoms with Gasteiger partial charge in [-0.05, 0) is 67.3 Å². The van der Waals surface area contributed by atoms with Gasteiger partial charge in [-0.15, -0.1) is 0 Å². The number of hydrogen-bond acceptors (Lipinski definition) is 15. The van der Waals surface area contributed by atoms with Crippen LogP contribution in [0.4, 0.5) is 4.39 Å². The number of aliphatic hydroxyl groups is 1. The van der Waals surface area contributed by atoms with Gasteiger partial charge in [0.15, 0.2) is 17.2 Å². The number of halogens is 1. The van der Waals surface area contributed by atoms with Crippen LogP contribution in [-0.2, 0) is 84.3 Å². The first kappa shape index (κ1) is 57.1. The molecule has 79 heavy (non-hydrogen) atoms. The van der Waals surface area contributed by atoms with E-state index < -0.39 is 95.8 Å². The number of likely N-dealkylation sites (tertiary alicyclic amines) is 1. The van der Waals surface area contributed by atoms with Crippen molar-refractivity contribution in [2.75, 3.05) is 39.3 Å². The van der Waals surface area contributed by atoms with E-state index in [0.29, 0.717) is 51.8 Å². The Bertz CT molecular complexity index is 3240. The third kappa shape index (κ3) is 12.6. The number of nitrogens with zero attached hydrogens (tertiary/aromatic N) is 4.